The molecule has 0 amide bonds. The fourth-order valence-corrected chi connectivity index (χ4v) is 0. The van der Waals surface area contributed by atoms with Crippen LogP contribution in [0.3, 0.4) is 0 Å². The molecule has 36 valence electrons. The highest BCUT2D eigenvalue weighted by molar-refractivity contribution is 7.87. The van der Waals surface area contributed by atoms with Crippen LogP contribution >= 0.6 is 44.3 Å². The second-order valence-electron chi connectivity index (χ2n) is 0.592. The zero-order valence-electron chi connectivity index (χ0n) is 2.51. The summed E-state index contributed by atoms with van der Waals surface area (Å²) in [5, 5.41) is 0. The molecule has 0 heterocycles. The molecule has 0 nitrogen and oxygen atoms in total. The Hall–Kier alpha value is 1.59. The van der Waals surface area contributed by atoms with Crippen LogP contribution < -0.4 is 0 Å². The zero-order valence-corrected chi connectivity index (χ0v) is 7.54. The van der Waals surface area contributed by atoms with Crippen LogP contribution in [0.5, 0.6) is 0 Å². The van der Waals surface area contributed by atoms with Crippen LogP contribution in [-0.2, 0) is 0 Å². The van der Waals surface area contributed by atoms with Crippen LogP contribution in [0, 0.1) is 0 Å². The van der Waals surface area contributed by atoms with E-state index in [2.05, 4.69) is 0 Å². The topological polar surface area (TPSA) is 0 Å². The minimum Gasteiger partial charge on any atom is -0.170 e. The Labute approximate surface area is 58.2 Å². The summed E-state index contributed by atoms with van der Waals surface area (Å²) in [6, 6.07) is 0. The van der Waals surface area contributed by atoms with Gasteiger partial charge in [-0.1, -0.05) is 0 Å². The third-order valence-corrected chi connectivity index (χ3v) is 8.68. The van der Waals surface area contributed by atoms with Crippen molar-refractivity contribution < 1.29 is 0 Å². The van der Waals surface area contributed by atoms with Gasteiger partial charge in [-0.25, -0.2) is 0 Å². The van der Waals surface area contributed by atoms with E-state index in [1.54, 1.807) is 0 Å². The van der Waals surface area contributed by atoms with Crippen molar-refractivity contribution in [3.8, 4) is 0 Å². The van der Waals surface area contributed by atoms with Gasteiger partial charge < -0.3 is 0 Å². The summed E-state index contributed by atoms with van der Waals surface area (Å²) in [4.78, 5) is 0. The molecule has 0 rings (SSSR count). The smallest absolute Gasteiger partial charge is 0.170 e. The number of hydrogen-bond acceptors (Lipinski definition) is 0. The average Bonchev–Trinajstić information content (AvgIpc) is 1.35. The lowest BCUT2D eigenvalue weighted by atomic mass is 26.8. The van der Waals surface area contributed by atoms with E-state index in [0.29, 0.717) is 0 Å². The standard InChI is InChI=1S/Cl4Si2/c1-5-6(2,3)4. The molecule has 0 atom stereocenters. The first-order chi connectivity index (χ1) is 2.56. The van der Waals surface area contributed by atoms with Crippen molar-refractivity contribution in [1.82, 2.24) is 0 Å². The maximum absolute atomic E-state index is 5.27. The SMILES string of the molecule is Cl[Si][Si](Cl)(Cl)Cl. The summed E-state index contributed by atoms with van der Waals surface area (Å²) in [6.07, 6.45) is 0. The van der Waals surface area contributed by atoms with Crippen LogP contribution in [0.4, 0.5) is 0 Å². The highest BCUT2D eigenvalue weighted by Crippen LogP contribution is 2.18. The molecule has 0 aromatic heterocycles. The molecule has 0 aliphatic heterocycles. The first-order valence-electron chi connectivity index (χ1n) is 1.01. The lowest BCUT2D eigenvalue weighted by molar-refractivity contribution is 3.72. The Bertz CT molecular complexity index is 35.3. The molecule has 0 spiro atoms. The van der Waals surface area contributed by atoms with E-state index in [-0.39, 0.29) is 8.35 Å². The summed E-state index contributed by atoms with van der Waals surface area (Å²) in [7, 11) is -0.0255. The molecule has 0 bridgehead atoms. The van der Waals surface area contributed by atoms with Crippen LogP contribution in [-0.4, -0.2) is 13.9 Å². The van der Waals surface area contributed by atoms with Gasteiger partial charge in [-0.15, -0.1) is 33.2 Å². The van der Waals surface area contributed by atoms with Gasteiger partial charge in [0.1, 0.15) is 0 Å². The number of halogens is 4. The van der Waals surface area contributed by atoms with Crippen molar-refractivity contribution in [2.75, 3.05) is 0 Å². The first-order valence-corrected chi connectivity index (χ1v) is 9.05. The summed E-state index contributed by atoms with van der Waals surface area (Å²) in [6.45, 7) is 0. The average molecular weight is 198 g/mol. The number of rotatable bonds is 1. The maximum atomic E-state index is 5.27. The quantitative estimate of drug-likeness (QED) is 0.446. The molecule has 6 heavy (non-hydrogen) atoms. The third kappa shape index (κ3) is 5.59. The van der Waals surface area contributed by atoms with Crippen LogP contribution in [0.1, 0.15) is 0 Å². The lowest BCUT2D eigenvalue weighted by Crippen LogP contribution is -2.15. The van der Waals surface area contributed by atoms with E-state index in [4.69, 9.17) is 44.3 Å². The second kappa shape index (κ2) is 2.79. The molecular formula is Cl4Si2. The molecule has 6 heteroatoms. The Kier molecular flexibility index (Phi) is 3.54. The van der Waals surface area contributed by atoms with Crippen molar-refractivity contribution >= 4 is 58.2 Å². The van der Waals surface area contributed by atoms with E-state index in [1.807, 2.05) is 0 Å². The molecular weight excluding hydrogens is 198 g/mol. The monoisotopic (exact) mass is 196 g/mol. The van der Waals surface area contributed by atoms with Crippen molar-refractivity contribution in [3.05, 3.63) is 0 Å². The van der Waals surface area contributed by atoms with E-state index in [0.717, 1.165) is 0 Å². The molecule has 0 saturated heterocycles. The van der Waals surface area contributed by atoms with Crippen molar-refractivity contribution in [3.63, 3.8) is 0 Å². The minimum atomic E-state index is -2.42. The Morgan fingerprint density at radius 3 is 1.33 bits per heavy atom. The Morgan fingerprint density at radius 2 is 1.33 bits per heavy atom. The van der Waals surface area contributed by atoms with Crippen molar-refractivity contribution in [2.45, 2.75) is 0 Å². The van der Waals surface area contributed by atoms with E-state index in [1.165, 1.54) is 0 Å². The highest BCUT2D eigenvalue weighted by atomic mass is 35.9. The predicted octanol–water partition coefficient (Wildman–Crippen LogP) is 2.00. The van der Waals surface area contributed by atoms with Gasteiger partial charge in [0.15, 0.2) is 0 Å². The van der Waals surface area contributed by atoms with Crippen LogP contribution in [0.2, 0.25) is 0 Å². The van der Waals surface area contributed by atoms with Gasteiger partial charge in [0.25, 0.3) is 0 Å². The fraction of sp³-hybridized carbons (Fsp3) is 0. The lowest BCUT2D eigenvalue weighted by Gasteiger charge is -1.94. The van der Waals surface area contributed by atoms with Crippen LogP contribution in [0.25, 0.3) is 0 Å². The molecule has 0 aliphatic rings. The molecule has 2 radical (unpaired) electrons. The van der Waals surface area contributed by atoms with E-state index in [9.17, 15) is 0 Å². The summed E-state index contributed by atoms with van der Waals surface area (Å²) < 4.78 is 0. The fourth-order valence-electron chi connectivity index (χ4n) is 0. The maximum Gasteiger partial charge on any atom is 0.338 e. The van der Waals surface area contributed by atoms with Gasteiger partial charge >= 0.3 is 5.52 Å². The highest BCUT2D eigenvalue weighted by Gasteiger charge is 2.24. The summed E-state index contributed by atoms with van der Waals surface area (Å²) in [5.74, 6) is 0. The van der Waals surface area contributed by atoms with Gasteiger partial charge in [0.2, 0.25) is 8.35 Å². The molecule has 0 saturated carbocycles. The largest absolute Gasteiger partial charge is 0.338 e. The molecule has 0 aliphatic carbocycles. The normalized spacial score (nSPS) is 12.0. The molecule has 0 unspecified atom stereocenters. The van der Waals surface area contributed by atoms with E-state index >= 15 is 0 Å². The third-order valence-electron chi connectivity index (χ3n) is 0.107. The minimum absolute atomic E-state index is 0.0255. The molecule has 0 aromatic carbocycles. The van der Waals surface area contributed by atoms with Crippen LogP contribution in [0.15, 0.2) is 0 Å². The van der Waals surface area contributed by atoms with Crippen molar-refractivity contribution in [1.29, 1.82) is 0 Å². The summed E-state index contributed by atoms with van der Waals surface area (Å²) >= 11 is 21.0. The second-order valence-corrected chi connectivity index (χ2v) is 16.0. The van der Waals surface area contributed by atoms with Gasteiger partial charge in [0, 0.05) is 0 Å². The zero-order chi connectivity index (χ0) is 5.21. The predicted molar refractivity (Wildman–Crippen MR) is 34.9 cm³/mol. The molecule has 0 aromatic rings. The van der Waals surface area contributed by atoms with Gasteiger partial charge in [-0.05, 0) is 0 Å². The molecule has 0 N–H and O–H groups in total. The Balaban J connectivity index is 3.17. The number of hydrogen-bond donors (Lipinski definition) is 0. The summed E-state index contributed by atoms with van der Waals surface area (Å²) in [5.41, 5.74) is -2.42. The van der Waals surface area contributed by atoms with Crippen molar-refractivity contribution in [2.24, 2.45) is 0 Å². The Morgan fingerprint density at radius 1 is 1.17 bits per heavy atom. The molecule has 0 fully saturated rings. The van der Waals surface area contributed by atoms with E-state index < -0.39 is 5.52 Å². The van der Waals surface area contributed by atoms with Gasteiger partial charge in [-0.3, -0.25) is 0 Å². The van der Waals surface area contributed by atoms with Gasteiger partial charge in [-0.2, -0.15) is 11.1 Å². The first kappa shape index (κ1) is 7.59. The van der Waals surface area contributed by atoms with Gasteiger partial charge in [0.05, 0.1) is 0 Å².